The van der Waals surface area contributed by atoms with Gasteiger partial charge < -0.3 is 10.6 Å². The van der Waals surface area contributed by atoms with Crippen molar-refractivity contribution in [1.82, 2.24) is 5.32 Å². The van der Waals surface area contributed by atoms with E-state index >= 15 is 0 Å². The van der Waals surface area contributed by atoms with Crippen molar-refractivity contribution in [2.45, 2.75) is 19.9 Å². The normalized spacial score (nSPS) is 13.6. The summed E-state index contributed by atoms with van der Waals surface area (Å²) in [4.78, 5) is 12.5. The molecule has 3 rings (SSSR count). The zero-order valence-electron chi connectivity index (χ0n) is 11.9. The number of aryl methyl sites for hydroxylation is 1. The van der Waals surface area contributed by atoms with Crippen molar-refractivity contribution >= 4 is 23.2 Å². The first-order chi connectivity index (χ1) is 10.2. The monoisotopic (exact) mass is 300 g/mol. The molecule has 4 heteroatoms. The van der Waals surface area contributed by atoms with Crippen LogP contribution in [0.5, 0.6) is 0 Å². The van der Waals surface area contributed by atoms with Crippen molar-refractivity contribution in [3.05, 3.63) is 63.7 Å². The van der Waals surface area contributed by atoms with E-state index in [0.29, 0.717) is 10.6 Å². The van der Waals surface area contributed by atoms with Crippen LogP contribution in [0.2, 0.25) is 5.02 Å². The third-order valence-corrected chi connectivity index (χ3v) is 4.33. The molecule has 1 aliphatic rings. The number of halogens is 1. The van der Waals surface area contributed by atoms with Crippen LogP contribution in [0.25, 0.3) is 0 Å². The fraction of sp³-hybridized carbons (Fsp3) is 0.235. The summed E-state index contributed by atoms with van der Waals surface area (Å²) >= 11 is 6.23. The highest BCUT2D eigenvalue weighted by Crippen LogP contribution is 2.25. The first-order valence-corrected chi connectivity index (χ1v) is 7.42. The van der Waals surface area contributed by atoms with E-state index in [9.17, 15) is 4.79 Å². The fourth-order valence-corrected chi connectivity index (χ4v) is 2.87. The minimum Gasteiger partial charge on any atom is -0.322 e. The molecule has 2 N–H and O–H groups in total. The largest absolute Gasteiger partial charge is 0.322 e. The van der Waals surface area contributed by atoms with E-state index in [4.69, 9.17) is 11.6 Å². The molecule has 0 fully saturated rings. The molecule has 1 heterocycles. The number of nitrogens with one attached hydrogen (secondary N) is 2. The molecule has 2 aromatic rings. The van der Waals surface area contributed by atoms with Gasteiger partial charge in [-0.1, -0.05) is 35.9 Å². The van der Waals surface area contributed by atoms with Gasteiger partial charge in [-0.05, 0) is 48.7 Å². The third-order valence-electron chi connectivity index (χ3n) is 3.82. The van der Waals surface area contributed by atoms with Gasteiger partial charge in [0.15, 0.2) is 0 Å². The highest BCUT2D eigenvalue weighted by Gasteiger charge is 2.16. The summed E-state index contributed by atoms with van der Waals surface area (Å²) < 4.78 is 0. The van der Waals surface area contributed by atoms with Gasteiger partial charge in [0.25, 0.3) is 5.91 Å². The average molecular weight is 301 g/mol. The summed E-state index contributed by atoms with van der Waals surface area (Å²) in [5.74, 6) is -0.157. The molecule has 0 radical (unpaired) electrons. The molecular formula is C17H17ClN2O. The van der Waals surface area contributed by atoms with Crippen LogP contribution >= 0.6 is 11.6 Å². The standard InChI is InChI=1S/C17H17ClN2O/c1-11-4-2-6-14(16(11)18)17(21)20-15-7-3-5-12-10-19-9-8-13(12)15/h2-7,19H,8-10H2,1H3,(H,20,21). The van der Waals surface area contributed by atoms with Gasteiger partial charge >= 0.3 is 0 Å². The number of benzene rings is 2. The molecule has 0 aromatic heterocycles. The Morgan fingerprint density at radius 3 is 2.90 bits per heavy atom. The Bertz CT molecular complexity index is 697. The van der Waals surface area contributed by atoms with E-state index in [-0.39, 0.29) is 5.91 Å². The van der Waals surface area contributed by atoms with Crippen molar-refractivity contribution in [2.24, 2.45) is 0 Å². The lowest BCUT2D eigenvalue weighted by Gasteiger charge is -2.20. The minimum absolute atomic E-state index is 0.157. The van der Waals surface area contributed by atoms with Crippen LogP contribution in [0.15, 0.2) is 36.4 Å². The number of fused-ring (bicyclic) bond motifs is 1. The molecule has 0 bridgehead atoms. The lowest BCUT2D eigenvalue weighted by atomic mass is 9.99. The molecule has 0 atom stereocenters. The lowest BCUT2D eigenvalue weighted by Crippen LogP contribution is -2.25. The van der Waals surface area contributed by atoms with Crippen molar-refractivity contribution < 1.29 is 4.79 Å². The molecule has 0 spiro atoms. The van der Waals surface area contributed by atoms with Crippen LogP contribution in [0.4, 0.5) is 5.69 Å². The first-order valence-electron chi connectivity index (χ1n) is 7.05. The average Bonchev–Trinajstić information content (AvgIpc) is 2.50. The van der Waals surface area contributed by atoms with E-state index < -0.39 is 0 Å². The van der Waals surface area contributed by atoms with Crippen LogP contribution < -0.4 is 10.6 Å². The molecule has 1 aliphatic heterocycles. The molecule has 0 aliphatic carbocycles. The van der Waals surface area contributed by atoms with Crippen LogP contribution in [-0.4, -0.2) is 12.5 Å². The van der Waals surface area contributed by atoms with Crippen LogP contribution in [-0.2, 0) is 13.0 Å². The summed E-state index contributed by atoms with van der Waals surface area (Å²) in [7, 11) is 0. The van der Waals surface area contributed by atoms with Crippen molar-refractivity contribution in [3.8, 4) is 0 Å². The SMILES string of the molecule is Cc1cccc(C(=O)Nc2cccc3c2CCNC3)c1Cl. The topological polar surface area (TPSA) is 41.1 Å². The highest BCUT2D eigenvalue weighted by atomic mass is 35.5. The predicted octanol–water partition coefficient (Wildman–Crippen LogP) is 3.55. The Hall–Kier alpha value is -1.84. The predicted molar refractivity (Wildman–Crippen MR) is 86.0 cm³/mol. The van der Waals surface area contributed by atoms with Crippen LogP contribution in [0.3, 0.4) is 0 Å². The third kappa shape index (κ3) is 2.80. The Kier molecular flexibility index (Phi) is 3.95. The summed E-state index contributed by atoms with van der Waals surface area (Å²) in [5.41, 5.74) is 4.77. The Labute approximate surface area is 129 Å². The molecule has 0 unspecified atom stereocenters. The van der Waals surface area contributed by atoms with Gasteiger partial charge in [0.2, 0.25) is 0 Å². The number of rotatable bonds is 2. The van der Waals surface area contributed by atoms with Crippen molar-refractivity contribution in [1.29, 1.82) is 0 Å². The van der Waals surface area contributed by atoms with Crippen molar-refractivity contribution in [2.75, 3.05) is 11.9 Å². The van der Waals surface area contributed by atoms with E-state index in [1.807, 2.05) is 31.2 Å². The first kappa shape index (κ1) is 14.1. The molecule has 21 heavy (non-hydrogen) atoms. The number of carbonyl (C=O) groups is 1. The highest BCUT2D eigenvalue weighted by molar-refractivity contribution is 6.35. The maximum atomic E-state index is 12.5. The second-order valence-corrected chi connectivity index (χ2v) is 5.64. The minimum atomic E-state index is -0.157. The summed E-state index contributed by atoms with van der Waals surface area (Å²) in [5, 5.41) is 6.85. The maximum absolute atomic E-state index is 12.5. The molecule has 2 aromatic carbocycles. The Morgan fingerprint density at radius 1 is 1.24 bits per heavy atom. The van der Waals surface area contributed by atoms with Gasteiger partial charge in [-0.15, -0.1) is 0 Å². The number of amides is 1. The van der Waals surface area contributed by atoms with Gasteiger partial charge in [-0.3, -0.25) is 4.79 Å². The maximum Gasteiger partial charge on any atom is 0.257 e. The fourth-order valence-electron chi connectivity index (χ4n) is 2.66. The Morgan fingerprint density at radius 2 is 2.05 bits per heavy atom. The lowest BCUT2D eigenvalue weighted by molar-refractivity contribution is 0.102. The van der Waals surface area contributed by atoms with Crippen LogP contribution in [0, 0.1) is 6.92 Å². The smallest absolute Gasteiger partial charge is 0.257 e. The molecular weight excluding hydrogens is 284 g/mol. The van der Waals surface area contributed by atoms with Gasteiger partial charge in [0, 0.05) is 12.2 Å². The summed E-state index contributed by atoms with van der Waals surface area (Å²) in [6.45, 7) is 3.69. The quantitative estimate of drug-likeness (QED) is 0.890. The molecule has 0 saturated carbocycles. The van der Waals surface area contributed by atoms with E-state index in [0.717, 1.165) is 30.8 Å². The van der Waals surface area contributed by atoms with Gasteiger partial charge in [-0.2, -0.15) is 0 Å². The molecule has 108 valence electrons. The van der Waals surface area contributed by atoms with Gasteiger partial charge in [0.05, 0.1) is 10.6 Å². The van der Waals surface area contributed by atoms with Gasteiger partial charge in [0.1, 0.15) is 0 Å². The van der Waals surface area contributed by atoms with Crippen LogP contribution in [0.1, 0.15) is 27.0 Å². The summed E-state index contributed by atoms with van der Waals surface area (Å²) in [6.07, 6.45) is 0.924. The number of hydrogen-bond acceptors (Lipinski definition) is 2. The van der Waals surface area contributed by atoms with E-state index in [1.165, 1.54) is 11.1 Å². The number of carbonyl (C=O) groups excluding carboxylic acids is 1. The van der Waals surface area contributed by atoms with Crippen molar-refractivity contribution in [3.63, 3.8) is 0 Å². The van der Waals surface area contributed by atoms with E-state index in [1.54, 1.807) is 6.07 Å². The zero-order chi connectivity index (χ0) is 14.8. The molecule has 3 nitrogen and oxygen atoms in total. The second kappa shape index (κ2) is 5.88. The summed E-state index contributed by atoms with van der Waals surface area (Å²) in [6, 6.07) is 11.5. The number of anilines is 1. The molecule has 0 saturated heterocycles. The van der Waals surface area contributed by atoms with E-state index in [2.05, 4.69) is 16.7 Å². The Balaban J connectivity index is 1.90. The second-order valence-electron chi connectivity index (χ2n) is 5.26. The van der Waals surface area contributed by atoms with Gasteiger partial charge in [-0.25, -0.2) is 0 Å². The number of hydrogen-bond donors (Lipinski definition) is 2. The molecule has 1 amide bonds. The zero-order valence-corrected chi connectivity index (χ0v) is 12.6.